The summed E-state index contributed by atoms with van der Waals surface area (Å²) in [6.07, 6.45) is -4.82. The molecule has 0 unspecified atom stereocenters. The molecule has 3 rings (SSSR count). The van der Waals surface area contributed by atoms with Gasteiger partial charge in [-0.05, 0) is 35.9 Å². The van der Waals surface area contributed by atoms with Gasteiger partial charge in [-0.15, -0.1) is 13.2 Å². The number of aromatic nitrogens is 1. The van der Waals surface area contributed by atoms with E-state index in [9.17, 15) is 22.8 Å². The maximum Gasteiger partial charge on any atom is 0.573 e. The zero-order valence-electron chi connectivity index (χ0n) is 15.6. The van der Waals surface area contributed by atoms with Crippen molar-refractivity contribution in [2.45, 2.75) is 12.9 Å². The van der Waals surface area contributed by atoms with Crippen LogP contribution in [0.25, 0.3) is 10.2 Å². The van der Waals surface area contributed by atoms with Gasteiger partial charge in [0.1, 0.15) is 5.75 Å². The minimum absolute atomic E-state index is 0.0215. The molecule has 0 aliphatic carbocycles. The van der Waals surface area contributed by atoms with Crippen LogP contribution < -0.4 is 21.1 Å². The van der Waals surface area contributed by atoms with E-state index in [1.165, 1.54) is 30.3 Å². The van der Waals surface area contributed by atoms with Crippen LogP contribution in [-0.2, 0) is 11.3 Å². The Morgan fingerprint density at radius 2 is 2.00 bits per heavy atom. The Bertz CT molecular complexity index is 1190. The molecule has 2 amide bonds. The number of carbonyl (C=O) groups excluding carboxylic acids is 2. The smallest absolute Gasteiger partial charge is 0.406 e. The number of nitrogens with two attached hydrogens (primary N) is 1. The van der Waals surface area contributed by atoms with Crippen molar-refractivity contribution in [2.75, 3.05) is 11.9 Å². The lowest BCUT2D eigenvalue weighted by Gasteiger charge is -2.10. The van der Waals surface area contributed by atoms with Crippen LogP contribution in [0.15, 0.2) is 36.4 Å². The second kappa shape index (κ2) is 8.99. The highest BCUT2D eigenvalue weighted by molar-refractivity contribution is 7.22. The standard InChI is InChI=1S/C19H14F3N5O3S/c20-19(21,22)30-12-2-4-14-15(6-12)31-18(26-14)27-17(29)13-3-1-10(7-23)5-11(13)9-25-16(28)8-24/h1-6H,8-9,24H2,(H,25,28)(H,26,27,29). The van der Waals surface area contributed by atoms with E-state index in [0.29, 0.717) is 21.3 Å². The first-order valence-electron chi connectivity index (χ1n) is 8.66. The van der Waals surface area contributed by atoms with E-state index < -0.39 is 23.9 Å². The molecule has 0 saturated heterocycles. The molecule has 0 aliphatic rings. The number of ether oxygens (including phenoxy) is 1. The van der Waals surface area contributed by atoms with Crippen LogP contribution in [0.5, 0.6) is 5.75 Å². The van der Waals surface area contributed by atoms with Crippen LogP contribution in [-0.4, -0.2) is 29.7 Å². The zero-order valence-corrected chi connectivity index (χ0v) is 16.4. The van der Waals surface area contributed by atoms with E-state index in [-0.39, 0.29) is 23.8 Å². The quantitative estimate of drug-likeness (QED) is 0.531. The minimum Gasteiger partial charge on any atom is -0.406 e. The molecule has 1 aromatic heterocycles. The number of hydrogen-bond acceptors (Lipinski definition) is 7. The number of carbonyl (C=O) groups is 2. The van der Waals surface area contributed by atoms with Crippen molar-refractivity contribution in [1.29, 1.82) is 5.26 Å². The van der Waals surface area contributed by atoms with Crippen molar-refractivity contribution in [3.05, 3.63) is 53.1 Å². The fraction of sp³-hybridized carbons (Fsp3) is 0.158. The van der Waals surface area contributed by atoms with E-state index in [2.05, 4.69) is 20.4 Å². The average molecular weight is 449 g/mol. The summed E-state index contributed by atoms with van der Waals surface area (Å²) in [6, 6.07) is 9.94. The van der Waals surface area contributed by atoms with Crippen molar-refractivity contribution in [2.24, 2.45) is 5.73 Å². The zero-order chi connectivity index (χ0) is 22.6. The van der Waals surface area contributed by atoms with E-state index >= 15 is 0 Å². The first kappa shape index (κ1) is 22.0. The van der Waals surface area contributed by atoms with E-state index in [0.717, 1.165) is 17.4 Å². The maximum atomic E-state index is 12.7. The highest BCUT2D eigenvalue weighted by Gasteiger charge is 2.31. The summed E-state index contributed by atoms with van der Waals surface area (Å²) >= 11 is 0.967. The molecule has 0 spiro atoms. The third-order valence-electron chi connectivity index (χ3n) is 3.95. The molecule has 31 heavy (non-hydrogen) atoms. The fourth-order valence-corrected chi connectivity index (χ4v) is 3.51. The van der Waals surface area contributed by atoms with Gasteiger partial charge in [-0.3, -0.25) is 14.9 Å². The highest BCUT2D eigenvalue weighted by Crippen LogP contribution is 2.32. The largest absolute Gasteiger partial charge is 0.573 e. The molecule has 160 valence electrons. The van der Waals surface area contributed by atoms with Crippen molar-refractivity contribution in [3.8, 4) is 11.8 Å². The molecular weight excluding hydrogens is 435 g/mol. The molecule has 3 aromatic rings. The highest BCUT2D eigenvalue weighted by atomic mass is 32.1. The predicted octanol–water partition coefficient (Wildman–Crippen LogP) is 2.89. The number of hydrogen-bond donors (Lipinski definition) is 3. The van der Waals surface area contributed by atoms with Gasteiger partial charge in [-0.2, -0.15) is 5.26 Å². The number of alkyl halides is 3. The summed E-state index contributed by atoms with van der Waals surface area (Å²) in [5.74, 6) is -1.39. The summed E-state index contributed by atoms with van der Waals surface area (Å²) in [7, 11) is 0. The van der Waals surface area contributed by atoms with Crippen LogP contribution in [0.2, 0.25) is 0 Å². The van der Waals surface area contributed by atoms with Gasteiger partial charge in [0.05, 0.1) is 28.4 Å². The summed E-state index contributed by atoms with van der Waals surface area (Å²) in [6.45, 7) is -0.252. The van der Waals surface area contributed by atoms with Gasteiger partial charge >= 0.3 is 6.36 Å². The third-order valence-corrected chi connectivity index (χ3v) is 4.89. The van der Waals surface area contributed by atoms with Crippen molar-refractivity contribution >= 4 is 38.5 Å². The number of nitrogens with zero attached hydrogens (tertiary/aromatic N) is 2. The lowest BCUT2D eigenvalue weighted by atomic mass is 10.0. The Labute approximate surface area is 177 Å². The van der Waals surface area contributed by atoms with Crippen LogP contribution in [0.1, 0.15) is 21.5 Å². The Kier molecular flexibility index (Phi) is 6.38. The number of rotatable bonds is 6. The monoisotopic (exact) mass is 449 g/mol. The summed E-state index contributed by atoms with van der Waals surface area (Å²) in [5, 5.41) is 14.3. The molecule has 0 aliphatic heterocycles. The summed E-state index contributed by atoms with van der Waals surface area (Å²) in [5.41, 5.74) is 6.51. The summed E-state index contributed by atoms with van der Waals surface area (Å²) in [4.78, 5) is 28.4. The van der Waals surface area contributed by atoms with Gasteiger partial charge in [-0.25, -0.2) is 4.98 Å². The Morgan fingerprint density at radius 1 is 1.23 bits per heavy atom. The number of amides is 2. The molecule has 0 atom stereocenters. The van der Waals surface area contributed by atoms with Gasteiger partial charge in [0.2, 0.25) is 5.91 Å². The van der Waals surface area contributed by atoms with Gasteiger partial charge in [0.25, 0.3) is 5.91 Å². The molecule has 0 fully saturated rings. The lowest BCUT2D eigenvalue weighted by molar-refractivity contribution is -0.274. The average Bonchev–Trinajstić information content (AvgIpc) is 3.11. The molecule has 12 heteroatoms. The fourth-order valence-electron chi connectivity index (χ4n) is 2.62. The number of benzene rings is 2. The number of anilines is 1. The molecule has 0 bridgehead atoms. The number of thiazole rings is 1. The normalized spacial score (nSPS) is 11.1. The molecule has 4 N–H and O–H groups in total. The number of nitrogens with one attached hydrogen (secondary N) is 2. The number of fused-ring (bicyclic) bond motifs is 1. The number of nitriles is 1. The van der Waals surface area contributed by atoms with Crippen LogP contribution in [0.4, 0.5) is 18.3 Å². The van der Waals surface area contributed by atoms with Crippen molar-refractivity contribution < 1.29 is 27.5 Å². The first-order valence-corrected chi connectivity index (χ1v) is 9.47. The Hall–Kier alpha value is -3.69. The lowest BCUT2D eigenvalue weighted by Crippen LogP contribution is -2.30. The predicted molar refractivity (Wildman–Crippen MR) is 106 cm³/mol. The molecule has 0 radical (unpaired) electrons. The topological polar surface area (TPSA) is 130 Å². The van der Waals surface area contributed by atoms with E-state index in [1.54, 1.807) is 0 Å². The molecular formula is C19H14F3N5O3S. The van der Waals surface area contributed by atoms with Gasteiger partial charge in [-0.1, -0.05) is 11.3 Å². The van der Waals surface area contributed by atoms with E-state index in [1.807, 2.05) is 6.07 Å². The van der Waals surface area contributed by atoms with Gasteiger partial charge in [0, 0.05) is 18.2 Å². The van der Waals surface area contributed by atoms with Crippen LogP contribution >= 0.6 is 11.3 Å². The third kappa shape index (κ3) is 5.68. The molecule has 8 nitrogen and oxygen atoms in total. The minimum atomic E-state index is -4.82. The first-order chi connectivity index (χ1) is 14.7. The van der Waals surface area contributed by atoms with E-state index in [4.69, 9.17) is 11.0 Å². The Balaban J connectivity index is 1.82. The summed E-state index contributed by atoms with van der Waals surface area (Å²) < 4.78 is 41.4. The second-order valence-electron chi connectivity index (χ2n) is 6.12. The van der Waals surface area contributed by atoms with Crippen molar-refractivity contribution in [3.63, 3.8) is 0 Å². The molecule has 1 heterocycles. The van der Waals surface area contributed by atoms with Gasteiger partial charge < -0.3 is 15.8 Å². The van der Waals surface area contributed by atoms with Gasteiger partial charge in [0.15, 0.2) is 5.13 Å². The van der Waals surface area contributed by atoms with Crippen LogP contribution in [0.3, 0.4) is 0 Å². The molecule has 2 aromatic carbocycles. The number of halogens is 3. The van der Waals surface area contributed by atoms with Crippen molar-refractivity contribution in [1.82, 2.24) is 10.3 Å². The SMILES string of the molecule is N#Cc1ccc(C(=O)Nc2nc3ccc(OC(F)(F)F)cc3s2)c(CNC(=O)CN)c1. The maximum absolute atomic E-state index is 12.7. The molecule has 0 saturated carbocycles. The second-order valence-corrected chi connectivity index (χ2v) is 7.15. The van der Waals surface area contributed by atoms with Crippen LogP contribution in [0, 0.1) is 11.3 Å². The Morgan fingerprint density at radius 3 is 2.68 bits per heavy atom.